The van der Waals surface area contributed by atoms with Crippen LogP contribution in [0.25, 0.3) is 0 Å². The van der Waals surface area contributed by atoms with Crippen molar-refractivity contribution in [2.24, 2.45) is 0 Å². The van der Waals surface area contributed by atoms with Crippen molar-refractivity contribution in [1.82, 2.24) is 24.7 Å². The van der Waals surface area contributed by atoms with Crippen molar-refractivity contribution in [1.29, 1.82) is 0 Å². The van der Waals surface area contributed by atoms with Crippen LogP contribution >= 0.6 is 23.6 Å². The Hall–Kier alpha value is -1.09. The number of rotatable bonds is 4. The van der Waals surface area contributed by atoms with E-state index in [0.29, 0.717) is 0 Å². The number of piperazine rings is 1. The Labute approximate surface area is 133 Å². The number of hydrogen-bond acceptors (Lipinski definition) is 7. The predicted octanol–water partition coefficient (Wildman–Crippen LogP) is 2.05. The van der Waals surface area contributed by atoms with Crippen molar-refractivity contribution < 1.29 is 4.52 Å². The average molecular weight is 325 g/mol. The van der Waals surface area contributed by atoms with Gasteiger partial charge in [-0.3, -0.25) is 9.80 Å². The van der Waals surface area contributed by atoms with Gasteiger partial charge in [0.05, 0.1) is 18.9 Å². The van der Waals surface area contributed by atoms with Crippen LogP contribution in [-0.4, -0.2) is 50.9 Å². The van der Waals surface area contributed by atoms with Gasteiger partial charge in [0.2, 0.25) is 0 Å². The molecule has 0 N–H and O–H groups in total. The van der Waals surface area contributed by atoms with Gasteiger partial charge in [0.1, 0.15) is 5.01 Å². The standard InChI is InChI=1S/C13H19N5OS2/c1-10-7-12(19-15-10)8-16-3-5-17(6-4-16)9-18-13(20)21-11(2)14-18/h7H,3-6,8-9H2,1-2H3. The minimum absolute atomic E-state index is 0.790. The third-order valence-electron chi connectivity index (χ3n) is 3.56. The zero-order valence-electron chi connectivity index (χ0n) is 12.3. The first-order valence-corrected chi connectivity index (χ1v) is 8.24. The van der Waals surface area contributed by atoms with Crippen molar-refractivity contribution >= 4 is 23.6 Å². The van der Waals surface area contributed by atoms with E-state index in [2.05, 4.69) is 20.1 Å². The lowest BCUT2D eigenvalue weighted by Gasteiger charge is -2.33. The fourth-order valence-corrected chi connectivity index (χ4v) is 3.55. The van der Waals surface area contributed by atoms with Crippen molar-refractivity contribution in [3.8, 4) is 0 Å². The lowest BCUT2D eigenvalue weighted by atomic mass is 10.3. The summed E-state index contributed by atoms with van der Waals surface area (Å²) in [5.74, 6) is 0.943. The normalized spacial score (nSPS) is 17.4. The highest BCUT2D eigenvalue weighted by Gasteiger charge is 2.19. The van der Waals surface area contributed by atoms with E-state index >= 15 is 0 Å². The summed E-state index contributed by atoms with van der Waals surface area (Å²) in [5, 5.41) is 9.40. The quantitative estimate of drug-likeness (QED) is 0.802. The largest absolute Gasteiger partial charge is 0.360 e. The molecular formula is C13H19N5OS2. The summed E-state index contributed by atoms with van der Waals surface area (Å²) in [6.07, 6.45) is 0. The molecule has 2 aromatic heterocycles. The predicted molar refractivity (Wildman–Crippen MR) is 83.8 cm³/mol. The molecule has 21 heavy (non-hydrogen) atoms. The molecule has 0 radical (unpaired) electrons. The Bertz CT molecular complexity index is 654. The van der Waals surface area contributed by atoms with Crippen LogP contribution in [0.5, 0.6) is 0 Å². The van der Waals surface area contributed by atoms with Gasteiger partial charge in [-0.1, -0.05) is 16.5 Å². The smallest absolute Gasteiger partial charge is 0.180 e. The van der Waals surface area contributed by atoms with Gasteiger partial charge in [0.15, 0.2) is 9.71 Å². The Kier molecular flexibility index (Phi) is 4.48. The number of aryl methyl sites for hydroxylation is 2. The minimum atomic E-state index is 0.790. The zero-order valence-corrected chi connectivity index (χ0v) is 13.9. The lowest BCUT2D eigenvalue weighted by molar-refractivity contribution is 0.0922. The van der Waals surface area contributed by atoms with Gasteiger partial charge in [0.25, 0.3) is 0 Å². The molecule has 1 aliphatic heterocycles. The monoisotopic (exact) mass is 325 g/mol. The van der Waals surface area contributed by atoms with Crippen molar-refractivity contribution in [2.75, 3.05) is 26.2 Å². The van der Waals surface area contributed by atoms with E-state index in [1.165, 1.54) is 0 Å². The summed E-state index contributed by atoms with van der Waals surface area (Å²) >= 11 is 6.89. The molecule has 0 spiro atoms. The molecule has 0 bridgehead atoms. The lowest BCUT2D eigenvalue weighted by Crippen LogP contribution is -2.46. The van der Waals surface area contributed by atoms with Crippen LogP contribution in [0.3, 0.4) is 0 Å². The van der Waals surface area contributed by atoms with Crippen molar-refractivity contribution in [2.45, 2.75) is 27.1 Å². The van der Waals surface area contributed by atoms with Gasteiger partial charge in [-0.25, -0.2) is 4.68 Å². The highest BCUT2D eigenvalue weighted by atomic mass is 32.1. The molecule has 0 aliphatic carbocycles. The van der Waals surface area contributed by atoms with E-state index < -0.39 is 0 Å². The molecule has 1 saturated heterocycles. The summed E-state index contributed by atoms with van der Waals surface area (Å²) in [5.41, 5.74) is 0.942. The van der Waals surface area contributed by atoms with Crippen molar-refractivity contribution in [3.05, 3.63) is 26.5 Å². The first-order chi connectivity index (χ1) is 10.1. The first kappa shape index (κ1) is 14.8. The van der Waals surface area contributed by atoms with Gasteiger partial charge in [-0.15, -0.1) is 0 Å². The van der Waals surface area contributed by atoms with Gasteiger partial charge in [-0.05, 0) is 26.1 Å². The summed E-state index contributed by atoms with van der Waals surface area (Å²) in [4.78, 5) is 4.78. The second-order valence-corrected chi connectivity index (χ2v) is 7.18. The molecule has 0 atom stereocenters. The van der Waals surface area contributed by atoms with Gasteiger partial charge >= 0.3 is 0 Å². The maximum Gasteiger partial charge on any atom is 0.180 e. The molecule has 6 nitrogen and oxygen atoms in total. The van der Waals surface area contributed by atoms with Crippen LogP contribution in [0.2, 0.25) is 0 Å². The summed E-state index contributed by atoms with van der Waals surface area (Å²) in [7, 11) is 0. The maximum atomic E-state index is 5.32. The Morgan fingerprint density at radius 3 is 2.52 bits per heavy atom. The molecule has 1 fully saturated rings. The molecule has 0 aromatic carbocycles. The highest BCUT2D eigenvalue weighted by Crippen LogP contribution is 2.12. The van der Waals surface area contributed by atoms with E-state index in [-0.39, 0.29) is 0 Å². The molecule has 3 rings (SSSR count). The van der Waals surface area contributed by atoms with E-state index in [1.807, 2.05) is 24.6 Å². The van der Waals surface area contributed by atoms with E-state index in [9.17, 15) is 0 Å². The molecule has 3 heterocycles. The Morgan fingerprint density at radius 2 is 1.95 bits per heavy atom. The Balaban J connectivity index is 1.51. The van der Waals surface area contributed by atoms with E-state index in [1.54, 1.807) is 11.3 Å². The summed E-state index contributed by atoms with van der Waals surface area (Å²) < 4.78 is 8.05. The second-order valence-electron chi connectivity index (χ2n) is 5.36. The van der Waals surface area contributed by atoms with Crippen LogP contribution in [0.15, 0.2) is 10.6 Å². The molecule has 0 unspecified atom stereocenters. The second kappa shape index (κ2) is 6.35. The van der Waals surface area contributed by atoms with Crippen LogP contribution in [-0.2, 0) is 13.2 Å². The van der Waals surface area contributed by atoms with Crippen LogP contribution < -0.4 is 0 Å². The van der Waals surface area contributed by atoms with Crippen LogP contribution in [0.1, 0.15) is 16.5 Å². The molecule has 114 valence electrons. The zero-order chi connectivity index (χ0) is 14.8. The van der Waals surface area contributed by atoms with Crippen LogP contribution in [0.4, 0.5) is 0 Å². The van der Waals surface area contributed by atoms with Gasteiger partial charge in [-0.2, -0.15) is 5.10 Å². The molecule has 2 aromatic rings. The fraction of sp³-hybridized carbons (Fsp3) is 0.615. The number of aromatic nitrogens is 3. The van der Waals surface area contributed by atoms with Crippen LogP contribution in [0, 0.1) is 17.8 Å². The maximum absolute atomic E-state index is 5.32. The third kappa shape index (κ3) is 3.76. The number of nitrogens with zero attached hydrogens (tertiary/aromatic N) is 5. The third-order valence-corrected chi connectivity index (χ3v) is 4.79. The first-order valence-electron chi connectivity index (χ1n) is 7.01. The molecule has 1 aliphatic rings. The van der Waals surface area contributed by atoms with E-state index in [4.69, 9.17) is 16.7 Å². The average Bonchev–Trinajstić information content (AvgIpc) is 2.98. The summed E-state index contributed by atoms with van der Waals surface area (Å²) in [6, 6.07) is 2.00. The van der Waals surface area contributed by atoms with Gasteiger partial charge in [0, 0.05) is 32.2 Å². The number of hydrogen-bond donors (Lipinski definition) is 0. The highest BCUT2D eigenvalue weighted by molar-refractivity contribution is 7.73. The molecule has 0 saturated carbocycles. The van der Waals surface area contributed by atoms with Gasteiger partial charge < -0.3 is 4.52 Å². The molecular weight excluding hydrogens is 306 g/mol. The molecule has 8 heteroatoms. The Morgan fingerprint density at radius 1 is 1.24 bits per heavy atom. The SMILES string of the molecule is Cc1cc(CN2CCN(Cn3nc(C)sc3=S)CC2)on1. The summed E-state index contributed by atoms with van der Waals surface area (Å²) in [6.45, 7) is 9.66. The molecule has 0 amide bonds. The van der Waals surface area contributed by atoms with Crippen molar-refractivity contribution in [3.63, 3.8) is 0 Å². The van der Waals surface area contributed by atoms with E-state index in [0.717, 1.165) is 59.8 Å². The fourth-order valence-electron chi connectivity index (χ4n) is 2.49. The minimum Gasteiger partial charge on any atom is -0.360 e. The topological polar surface area (TPSA) is 50.3 Å².